The van der Waals surface area contributed by atoms with Crippen molar-refractivity contribution in [1.29, 1.82) is 0 Å². The number of carboxylic acid groups (broad SMARTS) is 1. The Morgan fingerprint density at radius 1 is 1.35 bits per heavy atom. The molecule has 0 aliphatic rings. The van der Waals surface area contributed by atoms with Crippen molar-refractivity contribution in [3.05, 3.63) is 46.4 Å². The number of hydrogen-bond acceptors (Lipinski definition) is 5. The van der Waals surface area contributed by atoms with Crippen molar-refractivity contribution in [3.8, 4) is 11.1 Å². The summed E-state index contributed by atoms with van der Waals surface area (Å²) in [6, 6.07) is 8.32. The molecule has 0 bridgehead atoms. The number of aromatic amines is 1. The second-order valence-electron chi connectivity index (χ2n) is 7.22. The molecule has 1 heterocycles. The molecule has 0 saturated carbocycles. The molecule has 1 unspecified atom stereocenters. The van der Waals surface area contributed by atoms with Gasteiger partial charge >= 0.3 is 6.09 Å². The average molecular weight is 376 g/mol. The fourth-order valence-electron chi connectivity index (χ4n) is 2.24. The van der Waals surface area contributed by atoms with Crippen LogP contribution in [0.3, 0.4) is 0 Å². The first kappa shape index (κ1) is 20.0. The molecule has 0 aliphatic carbocycles. The highest BCUT2D eigenvalue weighted by Crippen LogP contribution is 2.24. The summed E-state index contributed by atoms with van der Waals surface area (Å²) in [6.07, 6.45) is -0.591. The van der Waals surface area contributed by atoms with Crippen LogP contribution in [-0.4, -0.2) is 32.5 Å². The number of nitrogens with zero attached hydrogens (tertiary/aromatic N) is 1. The summed E-state index contributed by atoms with van der Waals surface area (Å²) in [5, 5.41) is 17.5. The molecular weight excluding hydrogens is 352 g/mol. The van der Waals surface area contributed by atoms with E-state index in [1.54, 1.807) is 42.1 Å². The summed E-state index contributed by atoms with van der Waals surface area (Å²) in [5.74, 6) is 0.933. The van der Waals surface area contributed by atoms with Gasteiger partial charge < -0.3 is 10.8 Å². The van der Waals surface area contributed by atoms with Gasteiger partial charge in [-0.05, 0) is 34.9 Å². The maximum atomic E-state index is 12.1. The van der Waals surface area contributed by atoms with Gasteiger partial charge in [0.05, 0.1) is 16.6 Å². The number of anilines is 1. The number of thioether (sulfide) groups is 1. The van der Waals surface area contributed by atoms with Crippen LogP contribution in [-0.2, 0) is 6.42 Å². The highest BCUT2D eigenvalue weighted by Gasteiger charge is 2.15. The molecule has 5 N–H and O–H groups in total. The maximum Gasteiger partial charge on any atom is 0.409 e. The summed E-state index contributed by atoms with van der Waals surface area (Å²) in [4.78, 5) is 22.8. The van der Waals surface area contributed by atoms with Crippen LogP contribution in [0.1, 0.15) is 26.5 Å². The first-order valence-electron chi connectivity index (χ1n) is 8.20. The molecule has 1 atom stereocenters. The number of benzene rings is 1. The van der Waals surface area contributed by atoms with Crippen molar-refractivity contribution in [2.24, 2.45) is 11.1 Å². The summed E-state index contributed by atoms with van der Waals surface area (Å²) >= 11 is 1.67. The molecule has 26 heavy (non-hydrogen) atoms. The zero-order valence-electron chi connectivity index (χ0n) is 15.1. The zero-order chi connectivity index (χ0) is 19.3. The molecule has 0 saturated heterocycles. The van der Waals surface area contributed by atoms with Crippen LogP contribution in [0.25, 0.3) is 11.1 Å². The van der Waals surface area contributed by atoms with Gasteiger partial charge in [-0.3, -0.25) is 10.1 Å². The van der Waals surface area contributed by atoms with Gasteiger partial charge in [0.2, 0.25) is 0 Å². The molecule has 2 aromatic rings. The van der Waals surface area contributed by atoms with E-state index >= 15 is 0 Å². The Morgan fingerprint density at radius 2 is 2.00 bits per heavy atom. The molecule has 8 heteroatoms. The van der Waals surface area contributed by atoms with Gasteiger partial charge in [-0.2, -0.15) is 5.10 Å². The van der Waals surface area contributed by atoms with Gasteiger partial charge in [0.15, 0.2) is 0 Å². The average Bonchev–Trinajstić information content (AvgIpc) is 2.54. The third kappa shape index (κ3) is 6.20. The van der Waals surface area contributed by atoms with Crippen LogP contribution in [0.4, 0.5) is 10.5 Å². The number of rotatable bonds is 6. The standard InChI is InChI=1S/C18H24N4O3S/c1-18(2,3)10-26-15(19)9-13-8-14(16(23)22-21-13)11-4-6-12(7-5-11)20-17(24)25/h4-8,15,20H,9-10,19H2,1-3H3,(H,22,23)(H,24,25). The molecule has 0 aliphatic heterocycles. The lowest BCUT2D eigenvalue weighted by Crippen LogP contribution is -2.24. The minimum Gasteiger partial charge on any atom is -0.465 e. The van der Waals surface area contributed by atoms with E-state index in [0.717, 1.165) is 5.75 Å². The molecule has 1 aromatic carbocycles. The lowest BCUT2D eigenvalue weighted by Gasteiger charge is -2.20. The molecule has 0 radical (unpaired) electrons. The van der Waals surface area contributed by atoms with Crippen LogP contribution in [0.5, 0.6) is 0 Å². The Balaban J connectivity index is 2.14. The van der Waals surface area contributed by atoms with E-state index in [1.807, 2.05) is 0 Å². The molecule has 7 nitrogen and oxygen atoms in total. The quantitative estimate of drug-likeness (QED) is 0.575. The number of nitrogens with one attached hydrogen (secondary N) is 2. The normalized spacial score (nSPS) is 12.6. The maximum absolute atomic E-state index is 12.1. The van der Waals surface area contributed by atoms with Gasteiger partial charge in [0, 0.05) is 12.1 Å². The number of nitrogens with two attached hydrogens (primary N) is 1. The first-order valence-corrected chi connectivity index (χ1v) is 9.25. The predicted molar refractivity (Wildman–Crippen MR) is 106 cm³/mol. The largest absolute Gasteiger partial charge is 0.465 e. The number of hydrogen-bond donors (Lipinski definition) is 4. The van der Waals surface area contributed by atoms with E-state index in [9.17, 15) is 9.59 Å². The van der Waals surface area contributed by atoms with E-state index in [-0.39, 0.29) is 16.3 Å². The smallest absolute Gasteiger partial charge is 0.409 e. The van der Waals surface area contributed by atoms with E-state index in [1.165, 1.54) is 0 Å². The monoisotopic (exact) mass is 376 g/mol. The van der Waals surface area contributed by atoms with E-state index in [2.05, 4.69) is 36.3 Å². The van der Waals surface area contributed by atoms with Crippen LogP contribution in [0, 0.1) is 5.41 Å². The van der Waals surface area contributed by atoms with E-state index in [0.29, 0.717) is 28.9 Å². The van der Waals surface area contributed by atoms with Crippen molar-refractivity contribution in [3.63, 3.8) is 0 Å². The number of carbonyl (C=O) groups is 1. The highest BCUT2D eigenvalue weighted by molar-refractivity contribution is 7.99. The predicted octanol–water partition coefficient (Wildman–Crippen LogP) is 3.13. The summed E-state index contributed by atoms with van der Waals surface area (Å²) in [5.41, 5.74) is 8.37. The van der Waals surface area contributed by atoms with E-state index < -0.39 is 6.09 Å². The topological polar surface area (TPSA) is 121 Å². The Kier molecular flexibility index (Phi) is 6.44. The Hall–Kier alpha value is -2.32. The number of amides is 1. The summed E-state index contributed by atoms with van der Waals surface area (Å²) < 4.78 is 0. The highest BCUT2D eigenvalue weighted by atomic mass is 32.2. The molecule has 1 aromatic heterocycles. The van der Waals surface area contributed by atoms with Crippen molar-refractivity contribution in [2.45, 2.75) is 32.6 Å². The molecule has 0 fully saturated rings. The Morgan fingerprint density at radius 3 is 2.58 bits per heavy atom. The zero-order valence-corrected chi connectivity index (χ0v) is 15.9. The second kappa shape index (κ2) is 8.37. The van der Waals surface area contributed by atoms with Crippen LogP contribution < -0.4 is 16.6 Å². The molecule has 2 rings (SSSR count). The fraction of sp³-hybridized carbons (Fsp3) is 0.389. The number of H-pyrrole nitrogens is 1. The minimum absolute atomic E-state index is 0.109. The van der Waals surface area contributed by atoms with Crippen molar-refractivity contribution in [2.75, 3.05) is 11.1 Å². The SMILES string of the molecule is CC(C)(C)CSC(N)Cc1cc(-c2ccc(NC(=O)O)cc2)c(=O)[nH]n1. The van der Waals surface area contributed by atoms with Crippen molar-refractivity contribution >= 4 is 23.5 Å². The van der Waals surface area contributed by atoms with Gasteiger partial charge in [-0.1, -0.05) is 32.9 Å². The molecular formula is C18H24N4O3S. The van der Waals surface area contributed by atoms with Crippen LogP contribution in [0.2, 0.25) is 0 Å². The molecule has 1 amide bonds. The Bertz CT molecular complexity index is 812. The third-order valence-corrected chi connectivity index (χ3v) is 5.07. The third-order valence-electron chi connectivity index (χ3n) is 3.44. The van der Waals surface area contributed by atoms with Crippen LogP contribution >= 0.6 is 11.8 Å². The van der Waals surface area contributed by atoms with Gasteiger partial charge in [-0.25, -0.2) is 9.89 Å². The fourth-order valence-corrected chi connectivity index (χ4v) is 3.25. The van der Waals surface area contributed by atoms with E-state index in [4.69, 9.17) is 10.8 Å². The van der Waals surface area contributed by atoms with Gasteiger partial charge in [-0.15, -0.1) is 11.8 Å². The van der Waals surface area contributed by atoms with Gasteiger partial charge in [0.25, 0.3) is 5.56 Å². The lowest BCUT2D eigenvalue weighted by atomic mass is 10.0. The number of aromatic nitrogens is 2. The summed E-state index contributed by atoms with van der Waals surface area (Å²) in [7, 11) is 0. The molecule has 140 valence electrons. The second-order valence-corrected chi connectivity index (χ2v) is 8.45. The first-order chi connectivity index (χ1) is 12.1. The molecule has 0 spiro atoms. The summed E-state index contributed by atoms with van der Waals surface area (Å²) in [6.45, 7) is 6.48. The minimum atomic E-state index is -1.14. The van der Waals surface area contributed by atoms with Crippen LogP contribution in [0.15, 0.2) is 35.1 Å². The van der Waals surface area contributed by atoms with Crippen molar-refractivity contribution < 1.29 is 9.90 Å². The lowest BCUT2D eigenvalue weighted by molar-refractivity contribution is 0.210. The Labute approximate surface area is 156 Å². The van der Waals surface area contributed by atoms with Gasteiger partial charge in [0.1, 0.15) is 0 Å². The van der Waals surface area contributed by atoms with Crippen molar-refractivity contribution in [1.82, 2.24) is 10.2 Å².